The Morgan fingerprint density at radius 3 is 2.56 bits per heavy atom. The summed E-state index contributed by atoms with van der Waals surface area (Å²) in [7, 11) is 3.83. The number of nitrogens with zero attached hydrogens (tertiary/aromatic N) is 5. The standard InChI is InChI=1S/C27H35ClN6O2/c1-21-25(20-33(13-8-18-36-3)27(35)29-23-10-7-9-22(28)19-23)26(32-16-14-31(2)15-17-32)34(30-21)24-11-5-4-6-12-24/h4-7,9-12,19H,8,13-18,20H2,1-3H3,(H,29,35). The number of carbonyl (C=O) groups excluding carboxylic acids is 1. The number of anilines is 2. The van der Waals surface area contributed by atoms with Crippen LogP contribution in [0.2, 0.25) is 5.02 Å². The van der Waals surface area contributed by atoms with E-state index in [-0.39, 0.29) is 6.03 Å². The number of halogens is 1. The summed E-state index contributed by atoms with van der Waals surface area (Å²) in [6.45, 7) is 7.36. The number of aromatic nitrogens is 2. The van der Waals surface area contributed by atoms with Crippen molar-refractivity contribution in [1.82, 2.24) is 19.6 Å². The number of carbonyl (C=O) groups is 1. The first-order valence-corrected chi connectivity index (χ1v) is 12.7. The van der Waals surface area contributed by atoms with E-state index in [9.17, 15) is 4.79 Å². The van der Waals surface area contributed by atoms with Crippen LogP contribution >= 0.6 is 11.6 Å². The molecule has 8 nitrogen and oxygen atoms in total. The SMILES string of the molecule is COCCCN(Cc1c(C)nn(-c2ccccc2)c1N1CCN(C)CC1)C(=O)Nc1cccc(Cl)c1. The van der Waals surface area contributed by atoms with Gasteiger partial charge in [0, 0.05) is 62.7 Å². The molecule has 0 aliphatic carbocycles. The van der Waals surface area contributed by atoms with Gasteiger partial charge in [-0.15, -0.1) is 0 Å². The molecule has 9 heteroatoms. The van der Waals surface area contributed by atoms with Crippen LogP contribution in [0.4, 0.5) is 16.3 Å². The number of hydrogen-bond acceptors (Lipinski definition) is 5. The van der Waals surface area contributed by atoms with Crippen LogP contribution in [-0.4, -0.2) is 79.1 Å². The quantitative estimate of drug-likeness (QED) is 0.424. The van der Waals surface area contributed by atoms with Crippen molar-refractivity contribution in [2.75, 3.05) is 63.7 Å². The molecule has 3 aromatic rings. The number of rotatable bonds is 9. The van der Waals surface area contributed by atoms with E-state index in [1.807, 2.05) is 46.8 Å². The van der Waals surface area contributed by atoms with Crippen molar-refractivity contribution in [3.63, 3.8) is 0 Å². The first kappa shape index (κ1) is 26.0. The Labute approximate surface area is 218 Å². The van der Waals surface area contributed by atoms with Gasteiger partial charge in [0.05, 0.1) is 17.9 Å². The Kier molecular flexibility index (Phi) is 8.85. The van der Waals surface area contributed by atoms with Crippen LogP contribution in [0.25, 0.3) is 5.69 Å². The molecule has 192 valence electrons. The molecule has 4 rings (SSSR count). The van der Waals surface area contributed by atoms with E-state index in [1.54, 1.807) is 19.2 Å². The summed E-state index contributed by atoms with van der Waals surface area (Å²) in [5.41, 5.74) is 3.65. The Balaban J connectivity index is 1.67. The Hall–Kier alpha value is -3.07. The number of likely N-dealkylation sites (N-methyl/N-ethyl adjacent to an activating group) is 1. The van der Waals surface area contributed by atoms with Crippen LogP contribution in [0.1, 0.15) is 17.7 Å². The van der Waals surface area contributed by atoms with Crippen LogP contribution < -0.4 is 10.2 Å². The second kappa shape index (κ2) is 12.3. The van der Waals surface area contributed by atoms with Gasteiger partial charge in [-0.25, -0.2) is 9.48 Å². The number of methoxy groups -OCH3 is 1. The van der Waals surface area contributed by atoms with Crippen LogP contribution in [0.3, 0.4) is 0 Å². The summed E-state index contributed by atoms with van der Waals surface area (Å²) < 4.78 is 7.29. The molecule has 1 N–H and O–H groups in total. The van der Waals surface area contributed by atoms with Crippen LogP contribution in [0.15, 0.2) is 54.6 Å². The molecule has 36 heavy (non-hydrogen) atoms. The summed E-state index contributed by atoms with van der Waals surface area (Å²) >= 11 is 6.14. The molecule has 0 spiro atoms. The zero-order valence-electron chi connectivity index (χ0n) is 21.3. The summed E-state index contributed by atoms with van der Waals surface area (Å²) in [6, 6.07) is 17.2. The van der Waals surface area contributed by atoms with E-state index in [0.717, 1.165) is 55.4 Å². The number of nitrogens with one attached hydrogen (secondary N) is 1. The lowest BCUT2D eigenvalue weighted by Gasteiger charge is -2.35. The highest BCUT2D eigenvalue weighted by molar-refractivity contribution is 6.30. The zero-order chi connectivity index (χ0) is 25.5. The molecule has 0 saturated carbocycles. The molecular weight excluding hydrogens is 476 g/mol. The Morgan fingerprint density at radius 2 is 1.86 bits per heavy atom. The van der Waals surface area contributed by atoms with E-state index in [1.165, 1.54) is 0 Å². The lowest BCUT2D eigenvalue weighted by atomic mass is 10.2. The van der Waals surface area contributed by atoms with Crippen molar-refractivity contribution in [2.24, 2.45) is 0 Å². The van der Waals surface area contributed by atoms with Crippen molar-refractivity contribution in [3.05, 3.63) is 70.9 Å². The van der Waals surface area contributed by atoms with Gasteiger partial charge in [-0.2, -0.15) is 5.10 Å². The third kappa shape index (κ3) is 6.37. The second-order valence-electron chi connectivity index (χ2n) is 9.13. The normalized spacial score (nSPS) is 14.2. The van der Waals surface area contributed by atoms with Gasteiger partial charge < -0.3 is 24.8 Å². The van der Waals surface area contributed by atoms with Crippen molar-refractivity contribution >= 4 is 29.1 Å². The molecule has 1 saturated heterocycles. The first-order valence-electron chi connectivity index (χ1n) is 12.3. The van der Waals surface area contributed by atoms with Gasteiger partial charge in [0.2, 0.25) is 0 Å². The second-order valence-corrected chi connectivity index (χ2v) is 9.57. The van der Waals surface area contributed by atoms with Crippen molar-refractivity contribution in [2.45, 2.75) is 19.9 Å². The molecule has 1 aliphatic rings. The molecule has 0 bridgehead atoms. The molecule has 0 radical (unpaired) electrons. The molecule has 2 heterocycles. The van der Waals surface area contributed by atoms with Gasteiger partial charge in [-0.1, -0.05) is 35.9 Å². The third-order valence-electron chi connectivity index (χ3n) is 6.45. The smallest absolute Gasteiger partial charge is 0.322 e. The predicted octanol–water partition coefficient (Wildman–Crippen LogP) is 4.66. The Bertz CT molecular complexity index is 1140. The zero-order valence-corrected chi connectivity index (χ0v) is 22.0. The molecule has 1 fully saturated rings. The summed E-state index contributed by atoms with van der Waals surface area (Å²) in [4.78, 5) is 20.0. The maximum atomic E-state index is 13.4. The van der Waals surface area contributed by atoms with Crippen molar-refractivity contribution in [3.8, 4) is 5.69 Å². The van der Waals surface area contributed by atoms with E-state index < -0.39 is 0 Å². The fraction of sp³-hybridized carbons (Fsp3) is 0.407. The number of piperazine rings is 1. The topological polar surface area (TPSA) is 65.9 Å². The van der Waals surface area contributed by atoms with Crippen LogP contribution in [0.5, 0.6) is 0 Å². The average molecular weight is 511 g/mol. The Morgan fingerprint density at radius 1 is 1.11 bits per heavy atom. The first-order chi connectivity index (χ1) is 17.5. The maximum absolute atomic E-state index is 13.4. The van der Waals surface area contributed by atoms with Gasteiger partial charge in [-0.05, 0) is 50.7 Å². The van der Waals surface area contributed by atoms with Gasteiger partial charge in [0.25, 0.3) is 0 Å². The van der Waals surface area contributed by atoms with Gasteiger partial charge in [0.15, 0.2) is 0 Å². The van der Waals surface area contributed by atoms with Crippen molar-refractivity contribution < 1.29 is 9.53 Å². The number of amides is 2. The number of urea groups is 1. The largest absolute Gasteiger partial charge is 0.385 e. The summed E-state index contributed by atoms with van der Waals surface area (Å²) in [5, 5.41) is 8.53. The third-order valence-corrected chi connectivity index (χ3v) is 6.68. The minimum absolute atomic E-state index is 0.176. The number of ether oxygens (including phenoxy) is 1. The fourth-order valence-electron chi connectivity index (χ4n) is 4.44. The highest BCUT2D eigenvalue weighted by atomic mass is 35.5. The molecule has 1 aliphatic heterocycles. The molecule has 0 atom stereocenters. The number of benzene rings is 2. The molecule has 0 unspecified atom stereocenters. The van der Waals surface area contributed by atoms with E-state index in [2.05, 4.69) is 34.3 Å². The minimum atomic E-state index is -0.176. The predicted molar refractivity (Wildman–Crippen MR) is 145 cm³/mol. The van der Waals surface area contributed by atoms with E-state index in [4.69, 9.17) is 21.4 Å². The van der Waals surface area contributed by atoms with Crippen LogP contribution in [0, 0.1) is 6.92 Å². The highest BCUT2D eigenvalue weighted by Gasteiger charge is 2.27. The molecule has 2 amide bonds. The monoisotopic (exact) mass is 510 g/mol. The van der Waals surface area contributed by atoms with Gasteiger partial charge in [-0.3, -0.25) is 0 Å². The average Bonchev–Trinajstić information content (AvgIpc) is 3.20. The summed E-state index contributed by atoms with van der Waals surface area (Å²) in [5.74, 6) is 1.05. The number of aryl methyl sites for hydroxylation is 1. The minimum Gasteiger partial charge on any atom is -0.385 e. The fourth-order valence-corrected chi connectivity index (χ4v) is 4.63. The van der Waals surface area contributed by atoms with Crippen LogP contribution in [-0.2, 0) is 11.3 Å². The molecule has 1 aromatic heterocycles. The summed E-state index contributed by atoms with van der Waals surface area (Å²) in [6.07, 6.45) is 0.731. The lowest BCUT2D eigenvalue weighted by molar-refractivity contribution is 0.171. The van der Waals surface area contributed by atoms with Gasteiger partial charge >= 0.3 is 6.03 Å². The number of hydrogen-bond donors (Lipinski definition) is 1. The maximum Gasteiger partial charge on any atom is 0.322 e. The van der Waals surface area contributed by atoms with E-state index in [0.29, 0.717) is 30.4 Å². The van der Waals surface area contributed by atoms with E-state index >= 15 is 0 Å². The lowest BCUT2D eigenvalue weighted by Crippen LogP contribution is -2.45. The van der Waals surface area contributed by atoms with Crippen molar-refractivity contribution in [1.29, 1.82) is 0 Å². The van der Waals surface area contributed by atoms with Gasteiger partial charge in [0.1, 0.15) is 5.82 Å². The molecular formula is C27H35ClN6O2. The molecule has 2 aromatic carbocycles. The highest BCUT2D eigenvalue weighted by Crippen LogP contribution is 2.30. The number of para-hydroxylation sites is 1.